The Morgan fingerprint density at radius 2 is 0.729 bits per heavy atom. The zero-order chi connectivity index (χ0) is 94.9. The number of anilines is 7. The second-order valence-electron chi connectivity index (χ2n) is 30.3. The number of carbonyl (C=O) groups excluding carboxylic acids is 11. The lowest BCUT2D eigenvalue weighted by Gasteiger charge is -2.12. The van der Waals surface area contributed by atoms with E-state index < -0.39 is 62.8 Å². The van der Waals surface area contributed by atoms with Gasteiger partial charge in [-0.15, -0.1) is 0 Å². The van der Waals surface area contributed by atoms with Crippen molar-refractivity contribution in [3.63, 3.8) is 0 Å². The Hall–Kier alpha value is -15.6. The van der Waals surface area contributed by atoms with Crippen LogP contribution in [0.1, 0.15) is 162 Å². The smallest absolute Gasteiger partial charge is 0.345 e. The van der Waals surface area contributed by atoms with Crippen LogP contribution in [0, 0.1) is 20.2 Å². The Morgan fingerprint density at radius 1 is 0.388 bits per heavy atom. The largest absolute Gasteiger partial charge is 0.493 e. The number of nitrogens with zero attached hydrogens (tertiary/aromatic N) is 12. The summed E-state index contributed by atoms with van der Waals surface area (Å²) in [5.41, 5.74) is 10.6. The fourth-order valence-electron chi connectivity index (χ4n) is 13.3. The second kappa shape index (κ2) is 45.4. The topological polar surface area (TPSA) is 523 Å². The molecule has 0 saturated heterocycles. The van der Waals surface area contributed by atoms with Gasteiger partial charge in [0.05, 0.1) is 115 Å². The lowest BCUT2D eigenvalue weighted by molar-refractivity contribution is -0.385. The van der Waals surface area contributed by atoms with Gasteiger partial charge in [0.25, 0.3) is 46.8 Å². The van der Waals surface area contributed by atoms with E-state index in [-0.39, 0.29) is 114 Å². The molecule has 0 saturated carbocycles. The molecule has 0 radical (unpaired) electrons. The summed E-state index contributed by atoms with van der Waals surface area (Å²) in [6.45, 7) is 2.34. The highest BCUT2D eigenvalue weighted by Gasteiger charge is 2.30. The number of aromatic nitrogens is 8. The average Bonchev–Trinajstić information content (AvgIpc) is 1.82. The number of methoxy groups -OCH3 is 4. The van der Waals surface area contributed by atoms with Crippen LogP contribution in [0.3, 0.4) is 0 Å². The Balaban J connectivity index is 0.000000270. The quantitative estimate of drug-likeness (QED) is 0.00567. The highest BCUT2D eigenvalue weighted by molar-refractivity contribution is 6.10. The van der Waals surface area contributed by atoms with Crippen LogP contribution in [0.4, 0.5) is 51.2 Å². The number of aliphatic carboxylic acids is 1. The molecular formula is C86H106N20O23. The number of nitrogen functional groups attached to an aromatic ring is 1. The standard InChI is InChI=1S/C44H53N9O11.C29H38N10O4.C13H15NO8/c1-48(2)14-10-9-12-37(54)33-18-29(25-50(33)4)46-42(57)35-16-27(23-49(35)3)17-38(55)34-19-30(26-51(34)5)47-43(58)36-20-28(24-52(36)6)45-41(56)13-11-15-64-40-22-32(53(60)61)31(44(59)63-8)21-39(40)62-7;1-35(2)9-7-8-31-26(40)23-11-19(15-37(23)4)33-28(42)25-13-21(17-39(25)6)34-29(43)24-12-20(16-38(24)5)32-27(41)22-10-18(30)14-36(22)3;1-20-10-6-8(13(17)21-2)9(14(18)19)7-11(10)22-5-3-4-12(15)16/h16,18-26H,9-15,17H2,1-8H3,(H,45,56)(H,46,57)(H,47,58);10-17H,7-9,30H2,1-6H3,(H,31,40)(H,32,41)(H,33,42)(H,34,43);6-7H,3-5H2,1-2H3,(H,15,16). The third-order valence-electron chi connectivity index (χ3n) is 19.7. The number of esters is 2. The lowest BCUT2D eigenvalue weighted by atomic mass is 10.1. The number of ether oxygens (including phenoxy) is 6. The SMILES string of the molecule is CN(C)CCCNC(=O)c1cc(NC(=O)c2cc(NC(=O)c3cc(NC(=O)c4cc(N)cn4C)cn3C)cn2C)cn1C.COC(=O)c1cc(OC)c(OCCCC(=O)Nc2cc(C(=O)Nc3cc(C(=O)Cc4cc(C(=O)Nc5cc(C(=O)CCCCN(C)C)n(C)c5)n(C)c4)n(C)c3)n(C)c2)cc1[N+](=O)[O-].COC(=O)c1cc(OC)c(OCCCC(=O)O)cc1[N+](=O)[O-]. The van der Waals surface area contributed by atoms with Crippen LogP contribution in [-0.4, -0.2) is 222 Å². The minimum absolute atomic E-state index is 0.00366. The van der Waals surface area contributed by atoms with E-state index in [1.54, 1.807) is 180 Å². The molecule has 8 aromatic heterocycles. The molecule has 0 aliphatic heterocycles. The average molecular weight is 1790 g/mol. The Bertz CT molecular complexity index is 5840. The fourth-order valence-corrected chi connectivity index (χ4v) is 13.3. The van der Waals surface area contributed by atoms with Crippen LogP contribution in [0.2, 0.25) is 0 Å². The first-order valence-electron chi connectivity index (χ1n) is 40.0. The number of carbonyl (C=O) groups is 12. The summed E-state index contributed by atoms with van der Waals surface area (Å²) in [7, 11) is 26.4. The van der Waals surface area contributed by atoms with Gasteiger partial charge >= 0.3 is 17.9 Å². The molecule has 8 heterocycles. The van der Waals surface area contributed by atoms with Gasteiger partial charge in [-0.1, -0.05) is 0 Å². The van der Waals surface area contributed by atoms with Crippen LogP contribution >= 0.6 is 0 Å². The first-order chi connectivity index (χ1) is 61.1. The van der Waals surface area contributed by atoms with E-state index in [2.05, 4.69) is 51.6 Å². The van der Waals surface area contributed by atoms with Gasteiger partial charge in [0, 0.05) is 150 Å². The van der Waals surface area contributed by atoms with Gasteiger partial charge in [0.1, 0.15) is 45.3 Å². The molecule has 0 unspecified atom stereocenters. The number of hydrogen-bond donors (Lipinski definition) is 9. The maximum Gasteiger partial charge on any atom is 0.345 e. The van der Waals surface area contributed by atoms with Gasteiger partial charge in [-0.25, -0.2) is 9.59 Å². The van der Waals surface area contributed by atoms with Gasteiger partial charge in [-0.05, 0) is 127 Å². The van der Waals surface area contributed by atoms with E-state index in [9.17, 15) is 77.8 Å². The van der Waals surface area contributed by atoms with Crippen LogP contribution in [0.5, 0.6) is 23.0 Å². The molecule has 0 atom stereocenters. The number of hydrogen-bond acceptors (Lipinski definition) is 25. The number of ketones is 2. The van der Waals surface area contributed by atoms with Crippen molar-refractivity contribution in [1.29, 1.82) is 0 Å². The zero-order valence-electron chi connectivity index (χ0n) is 74.3. The molecule has 10 rings (SSSR count). The molecule has 43 heteroatoms. The van der Waals surface area contributed by atoms with E-state index in [0.717, 1.165) is 70.8 Å². The van der Waals surface area contributed by atoms with E-state index >= 15 is 0 Å². The van der Waals surface area contributed by atoms with Crippen molar-refractivity contribution in [3.8, 4) is 23.0 Å². The molecule has 0 bridgehead atoms. The molecule has 0 spiro atoms. The summed E-state index contributed by atoms with van der Waals surface area (Å²) in [4.78, 5) is 176. The molecule has 7 amide bonds. The number of unbranched alkanes of at least 4 members (excludes halogenated alkanes) is 1. The molecule has 43 nitrogen and oxygen atoms in total. The first kappa shape index (κ1) is 98.9. The highest BCUT2D eigenvalue weighted by Crippen LogP contribution is 2.37. The van der Waals surface area contributed by atoms with Crippen molar-refractivity contribution in [2.75, 3.05) is 127 Å². The molecule has 10 N–H and O–H groups in total. The fraction of sp³-hybridized carbons (Fsp3) is 0.349. The molecule has 688 valence electrons. The Morgan fingerprint density at radius 3 is 1.10 bits per heavy atom. The number of nitrogens with one attached hydrogen (secondary N) is 7. The van der Waals surface area contributed by atoms with Gasteiger partial charge in [-0.3, -0.25) is 68.2 Å². The van der Waals surface area contributed by atoms with Crippen molar-refractivity contribution in [1.82, 2.24) is 51.7 Å². The minimum Gasteiger partial charge on any atom is -0.493 e. The normalized spacial score (nSPS) is 10.8. The van der Waals surface area contributed by atoms with Crippen LogP contribution < -0.4 is 61.9 Å². The lowest BCUT2D eigenvalue weighted by Crippen LogP contribution is -2.28. The van der Waals surface area contributed by atoms with Crippen molar-refractivity contribution >= 4 is 122 Å². The number of rotatable bonds is 41. The number of carboxylic acid groups (broad SMARTS) is 1. The zero-order valence-corrected chi connectivity index (χ0v) is 74.3. The molecule has 0 aliphatic carbocycles. The maximum absolute atomic E-state index is 13.5. The highest BCUT2D eigenvalue weighted by atomic mass is 16.6. The number of benzene rings is 2. The molecule has 129 heavy (non-hydrogen) atoms. The summed E-state index contributed by atoms with van der Waals surface area (Å²) >= 11 is 0. The summed E-state index contributed by atoms with van der Waals surface area (Å²) < 4.78 is 43.2. The second-order valence-corrected chi connectivity index (χ2v) is 30.3. The van der Waals surface area contributed by atoms with E-state index in [4.69, 9.17) is 29.8 Å². The maximum atomic E-state index is 13.5. The summed E-state index contributed by atoms with van der Waals surface area (Å²) in [5, 5.41) is 50.8. The van der Waals surface area contributed by atoms with Crippen LogP contribution in [-0.2, 0) is 81.9 Å². The predicted octanol–water partition coefficient (Wildman–Crippen LogP) is 9.08. The molecule has 10 aromatic rings. The van der Waals surface area contributed by atoms with Crippen LogP contribution in [0.25, 0.3) is 0 Å². The number of carboxylic acids is 1. The predicted molar refractivity (Wildman–Crippen MR) is 475 cm³/mol. The molecule has 0 aliphatic rings. The van der Waals surface area contributed by atoms with Gasteiger partial charge < -0.3 is 123 Å². The van der Waals surface area contributed by atoms with Crippen molar-refractivity contribution in [2.24, 2.45) is 56.4 Å². The molecular weight excluding hydrogens is 1680 g/mol. The molecule has 2 aromatic carbocycles. The van der Waals surface area contributed by atoms with Gasteiger partial charge in [0.2, 0.25) is 5.91 Å². The van der Waals surface area contributed by atoms with Crippen molar-refractivity contribution in [2.45, 2.75) is 57.8 Å². The number of aryl methyl sites for hydroxylation is 8. The number of nitrogens with two attached hydrogens (primary N) is 1. The minimum atomic E-state index is -0.970. The first-order valence-corrected chi connectivity index (χ1v) is 40.0. The summed E-state index contributed by atoms with van der Waals surface area (Å²) in [6, 6.07) is 17.1. The number of nitro benzene ring substituents is 2. The third kappa shape index (κ3) is 27.2. The van der Waals surface area contributed by atoms with Crippen molar-refractivity contribution in [3.05, 3.63) is 205 Å². The van der Waals surface area contributed by atoms with Crippen molar-refractivity contribution < 1.29 is 101 Å². The number of Topliss-reactive ketones (excluding diaryl/α,β-unsaturated/α-hetero) is 2. The van der Waals surface area contributed by atoms with E-state index in [1.807, 2.05) is 33.1 Å². The van der Waals surface area contributed by atoms with Gasteiger partial charge in [-0.2, -0.15) is 0 Å². The van der Waals surface area contributed by atoms with E-state index in [0.29, 0.717) is 98.2 Å². The third-order valence-corrected chi connectivity index (χ3v) is 19.7. The summed E-state index contributed by atoms with van der Waals surface area (Å²) in [5.74, 6) is -5.42. The Labute approximate surface area is 740 Å². The monoisotopic (exact) mass is 1790 g/mol. The van der Waals surface area contributed by atoms with E-state index in [1.165, 1.54) is 24.9 Å². The van der Waals surface area contributed by atoms with Crippen LogP contribution in [0.15, 0.2) is 122 Å². The number of nitro groups is 2. The Kier molecular flexibility index (Phi) is 34.8. The molecule has 0 fully saturated rings. The van der Waals surface area contributed by atoms with Gasteiger partial charge in [0.15, 0.2) is 34.6 Å². The number of amides is 7. The summed E-state index contributed by atoms with van der Waals surface area (Å²) in [6.07, 6.45) is 16.4.